The van der Waals surface area contributed by atoms with Crippen LogP contribution in [0.2, 0.25) is 5.02 Å². The molecule has 0 fully saturated rings. The van der Waals surface area contributed by atoms with Gasteiger partial charge in [-0.05, 0) is 61.9 Å². The summed E-state index contributed by atoms with van der Waals surface area (Å²) >= 11 is 5.86. The van der Waals surface area contributed by atoms with Crippen LogP contribution in [0.5, 0.6) is 5.75 Å². The lowest BCUT2D eigenvalue weighted by Gasteiger charge is -2.05. The van der Waals surface area contributed by atoms with E-state index in [1.54, 1.807) is 24.3 Å². The molecule has 0 bridgehead atoms. The zero-order chi connectivity index (χ0) is 15.9. The largest absolute Gasteiger partial charge is 0.494 e. The van der Waals surface area contributed by atoms with Gasteiger partial charge in [-0.3, -0.25) is 4.79 Å². The maximum Gasteiger partial charge on any atom is 0.271 e. The van der Waals surface area contributed by atoms with Gasteiger partial charge in [0.2, 0.25) is 0 Å². The molecule has 2 rings (SSSR count). The number of carbonyl (C=O) groups is 1. The van der Waals surface area contributed by atoms with Gasteiger partial charge in [-0.2, -0.15) is 5.10 Å². The highest BCUT2D eigenvalue weighted by molar-refractivity contribution is 6.30. The first-order valence-electron chi connectivity index (χ1n) is 6.93. The fourth-order valence-corrected chi connectivity index (χ4v) is 2.04. The molecule has 1 amide bonds. The van der Waals surface area contributed by atoms with E-state index in [1.165, 1.54) is 0 Å². The maximum atomic E-state index is 12.0. The second kappa shape index (κ2) is 7.61. The molecule has 0 saturated carbocycles. The maximum absolute atomic E-state index is 12.0. The molecule has 0 heterocycles. The second-order valence-electron chi connectivity index (χ2n) is 4.61. The molecule has 2 aromatic carbocycles. The van der Waals surface area contributed by atoms with E-state index in [2.05, 4.69) is 10.5 Å². The van der Waals surface area contributed by atoms with Gasteiger partial charge in [0.15, 0.2) is 0 Å². The Balaban J connectivity index is 2.04. The Kier molecular flexibility index (Phi) is 5.55. The van der Waals surface area contributed by atoms with Crippen LogP contribution in [0.3, 0.4) is 0 Å². The molecule has 4 nitrogen and oxygen atoms in total. The van der Waals surface area contributed by atoms with Crippen LogP contribution in [0.1, 0.15) is 29.8 Å². The summed E-state index contributed by atoms with van der Waals surface area (Å²) in [6.07, 6.45) is 0. The molecule has 2 aromatic rings. The minimum absolute atomic E-state index is 0.298. The highest BCUT2D eigenvalue weighted by Crippen LogP contribution is 2.13. The average molecular weight is 317 g/mol. The fourth-order valence-electron chi connectivity index (χ4n) is 1.85. The topological polar surface area (TPSA) is 50.7 Å². The highest BCUT2D eigenvalue weighted by Gasteiger charge is 2.05. The molecular weight excluding hydrogens is 300 g/mol. The van der Waals surface area contributed by atoms with E-state index in [9.17, 15) is 4.79 Å². The van der Waals surface area contributed by atoms with E-state index < -0.39 is 0 Å². The molecule has 0 spiro atoms. The summed E-state index contributed by atoms with van der Waals surface area (Å²) in [5.41, 5.74) is 4.61. The smallest absolute Gasteiger partial charge is 0.271 e. The number of hydrogen-bond acceptors (Lipinski definition) is 3. The minimum Gasteiger partial charge on any atom is -0.494 e. The highest BCUT2D eigenvalue weighted by atomic mass is 35.5. The molecule has 1 N–H and O–H groups in total. The molecule has 22 heavy (non-hydrogen) atoms. The van der Waals surface area contributed by atoms with Crippen LogP contribution in [-0.4, -0.2) is 18.2 Å². The Morgan fingerprint density at radius 2 is 1.91 bits per heavy atom. The van der Waals surface area contributed by atoms with Gasteiger partial charge < -0.3 is 4.74 Å². The van der Waals surface area contributed by atoms with Gasteiger partial charge in [0.25, 0.3) is 5.91 Å². The summed E-state index contributed by atoms with van der Waals surface area (Å²) in [6, 6.07) is 14.3. The summed E-state index contributed by atoms with van der Waals surface area (Å²) in [5, 5.41) is 4.62. The van der Waals surface area contributed by atoms with Crippen LogP contribution < -0.4 is 10.2 Å². The summed E-state index contributed by atoms with van der Waals surface area (Å²) < 4.78 is 5.39. The van der Waals surface area contributed by atoms with Crippen LogP contribution in [0.15, 0.2) is 53.6 Å². The van der Waals surface area contributed by atoms with Crippen molar-refractivity contribution in [1.29, 1.82) is 0 Å². The van der Waals surface area contributed by atoms with Crippen molar-refractivity contribution in [2.75, 3.05) is 6.61 Å². The molecule has 0 aromatic heterocycles. The van der Waals surface area contributed by atoms with Crippen LogP contribution >= 0.6 is 11.6 Å². The second-order valence-corrected chi connectivity index (χ2v) is 5.04. The van der Waals surface area contributed by atoms with Crippen LogP contribution in [0, 0.1) is 0 Å². The number of carbonyl (C=O) groups excluding carboxylic acids is 1. The predicted octanol–water partition coefficient (Wildman–Crippen LogP) is 3.89. The number of ether oxygens (including phenoxy) is 1. The van der Waals surface area contributed by atoms with Gasteiger partial charge in [-0.1, -0.05) is 17.7 Å². The molecule has 0 aliphatic heterocycles. The summed E-state index contributed by atoms with van der Waals surface area (Å²) in [5.74, 6) is 0.509. The zero-order valence-electron chi connectivity index (χ0n) is 12.5. The third kappa shape index (κ3) is 4.33. The molecule has 0 radical (unpaired) electrons. The Bertz CT molecular complexity index is 681. The lowest BCUT2D eigenvalue weighted by atomic mass is 10.1. The monoisotopic (exact) mass is 316 g/mol. The number of halogens is 1. The van der Waals surface area contributed by atoms with E-state index in [-0.39, 0.29) is 5.91 Å². The molecule has 0 aliphatic rings. The zero-order valence-corrected chi connectivity index (χ0v) is 13.2. The van der Waals surface area contributed by atoms with Crippen molar-refractivity contribution in [3.05, 3.63) is 64.7 Å². The van der Waals surface area contributed by atoms with Crippen molar-refractivity contribution in [2.24, 2.45) is 5.10 Å². The molecule has 0 atom stereocenters. The van der Waals surface area contributed by atoms with Gasteiger partial charge in [0.1, 0.15) is 5.75 Å². The van der Waals surface area contributed by atoms with Crippen molar-refractivity contribution in [1.82, 2.24) is 5.43 Å². The third-order valence-corrected chi connectivity index (χ3v) is 3.23. The SMILES string of the molecule is CCOc1ccc(/C(C)=N\NC(=O)c2cccc(Cl)c2)cc1. The molecule has 0 saturated heterocycles. The first kappa shape index (κ1) is 16.0. The van der Waals surface area contributed by atoms with E-state index in [0.29, 0.717) is 22.9 Å². The van der Waals surface area contributed by atoms with Crippen molar-refractivity contribution < 1.29 is 9.53 Å². The molecular formula is C17H17ClN2O2. The molecule has 0 unspecified atom stereocenters. The summed E-state index contributed by atoms with van der Waals surface area (Å²) in [7, 11) is 0. The van der Waals surface area contributed by atoms with Crippen molar-refractivity contribution in [3.8, 4) is 5.75 Å². The third-order valence-electron chi connectivity index (χ3n) is 3.00. The lowest BCUT2D eigenvalue weighted by Crippen LogP contribution is -2.19. The molecule has 114 valence electrons. The predicted molar refractivity (Wildman–Crippen MR) is 88.7 cm³/mol. The molecule has 0 aliphatic carbocycles. The number of hydrazone groups is 1. The van der Waals surface area contributed by atoms with E-state index >= 15 is 0 Å². The summed E-state index contributed by atoms with van der Waals surface area (Å²) in [6.45, 7) is 4.39. The Morgan fingerprint density at radius 3 is 2.55 bits per heavy atom. The number of amides is 1. The molecule has 5 heteroatoms. The first-order valence-corrected chi connectivity index (χ1v) is 7.31. The lowest BCUT2D eigenvalue weighted by molar-refractivity contribution is 0.0955. The van der Waals surface area contributed by atoms with Crippen molar-refractivity contribution in [3.63, 3.8) is 0 Å². The first-order chi connectivity index (χ1) is 10.6. The van der Waals surface area contributed by atoms with Gasteiger partial charge >= 0.3 is 0 Å². The standard InChI is InChI=1S/C17H17ClN2O2/c1-3-22-16-9-7-13(8-10-16)12(2)19-20-17(21)14-5-4-6-15(18)11-14/h4-11H,3H2,1-2H3,(H,20,21)/b19-12-. The van der Waals surface area contributed by atoms with Gasteiger partial charge in [-0.25, -0.2) is 5.43 Å². The number of benzene rings is 2. The quantitative estimate of drug-likeness (QED) is 0.672. The summed E-state index contributed by atoms with van der Waals surface area (Å²) in [4.78, 5) is 12.0. The van der Waals surface area contributed by atoms with Crippen LogP contribution in [0.25, 0.3) is 0 Å². The number of rotatable bonds is 5. The normalized spacial score (nSPS) is 11.1. The Morgan fingerprint density at radius 1 is 1.18 bits per heavy atom. The van der Waals surface area contributed by atoms with Crippen molar-refractivity contribution >= 4 is 23.2 Å². The van der Waals surface area contributed by atoms with E-state index in [0.717, 1.165) is 11.3 Å². The fraction of sp³-hybridized carbons (Fsp3) is 0.176. The van der Waals surface area contributed by atoms with Gasteiger partial charge in [0, 0.05) is 10.6 Å². The Hall–Kier alpha value is -2.33. The number of nitrogens with one attached hydrogen (secondary N) is 1. The minimum atomic E-state index is -0.298. The van der Waals surface area contributed by atoms with Crippen LogP contribution in [0.4, 0.5) is 0 Å². The van der Waals surface area contributed by atoms with E-state index in [1.807, 2.05) is 38.1 Å². The van der Waals surface area contributed by atoms with Crippen LogP contribution in [-0.2, 0) is 0 Å². The number of nitrogens with zero attached hydrogens (tertiary/aromatic N) is 1. The number of hydrogen-bond donors (Lipinski definition) is 1. The van der Waals surface area contributed by atoms with Gasteiger partial charge in [-0.15, -0.1) is 0 Å². The van der Waals surface area contributed by atoms with Crippen molar-refractivity contribution in [2.45, 2.75) is 13.8 Å². The van der Waals surface area contributed by atoms with Gasteiger partial charge in [0.05, 0.1) is 12.3 Å². The van der Waals surface area contributed by atoms with E-state index in [4.69, 9.17) is 16.3 Å². The average Bonchev–Trinajstić information content (AvgIpc) is 2.53. The Labute approximate surface area is 134 Å².